The van der Waals surface area contributed by atoms with Crippen molar-refractivity contribution in [3.8, 4) is 0 Å². The van der Waals surface area contributed by atoms with Gasteiger partial charge in [-0.2, -0.15) is 11.8 Å². The molecule has 0 radical (unpaired) electrons. The fraction of sp³-hybridized carbons (Fsp3) is 1.00. The predicted octanol–water partition coefficient (Wildman–Crippen LogP) is 2.78. The Morgan fingerprint density at radius 3 is 1.88 bits per heavy atom. The molecule has 0 rings (SSSR count). The molecule has 0 aliphatic carbocycles. The summed E-state index contributed by atoms with van der Waals surface area (Å²) < 4.78 is 0. The van der Waals surface area contributed by atoms with Gasteiger partial charge in [0.05, 0.1) is 0 Å². The van der Waals surface area contributed by atoms with Crippen molar-refractivity contribution in [1.82, 2.24) is 0 Å². The lowest BCUT2D eigenvalue weighted by molar-refractivity contribution is 0.585. The van der Waals surface area contributed by atoms with Gasteiger partial charge in [-0.15, -0.1) is 0 Å². The second kappa shape index (κ2) is 4.25. The van der Waals surface area contributed by atoms with Gasteiger partial charge >= 0.3 is 0 Å². The Hall–Kier alpha value is 0.350. The molecule has 0 saturated heterocycles. The van der Waals surface area contributed by atoms with Gasteiger partial charge in [-0.05, 0) is 18.6 Å². The molecule has 50 valence electrons. The maximum Gasteiger partial charge on any atom is 0.00183 e. The Bertz CT molecular complexity index is 50.3. The molecule has 1 heteroatoms. The van der Waals surface area contributed by atoms with E-state index in [1.54, 1.807) is 0 Å². The summed E-state index contributed by atoms with van der Waals surface area (Å²) in [6, 6.07) is 0. The van der Waals surface area contributed by atoms with E-state index in [2.05, 4.69) is 27.0 Å². The fourth-order valence-electron chi connectivity index (χ4n) is 0.760. The molecule has 0 amide bonds. The average molecular weight is 132 g/mol. The molecular formula is C7H16S. The van der Waals surface area contributed by atoms with E-state index < -0.39 is 0 Å². The third-order valence-corrected chi connectivity index (χ3v) is 2.20. The Labute approximate surface area is 57.1 Å². The van der Waals surface area contributed by atoms with Gasteiger partial charge in [0.15, 0.2) is 0 Å². The number of hydrogen-bond donors (Lipinski definition) is 0. The van der Waals surface area contributed by atoms with Gasteiger partial charge in [0.2, 0.25) is 0 Å². The van der Waals surface area contributed by atoms with Crippen LogP contribution in [0.3, 0.4) is 0 Å². The topological polar surface area (TPSA) is 0 Å². The second-order valence-electron chi connectivity index (χ2n) is 2.68. The summed E-state index contributed by atoms with van der Waals surface area (Å²) in [7, 11) is 0. The molecule has 0 fully saturated rings. The standard InChI is InChI=1S/C7H16S/c1-6(2)5-7(3)8-4/h6-7H,5H2,1-4H3. The highest BCUT2D eigenvalue weighted by atomic mass is 32.2. The van der Waals surface area contributed by atoms with Crippen LogP contribution >= 0.6 is 11.8 Å². The Balaban J connectivity index is 3.10. The molecular weight excluding hydrogens is 116 g/mol. The van der Waals surface area contributed by atoms with Crippen molar-refractivity contribution < 1.29 is 0 Å². The number of rotatable bonds is 3. The Kier molecular flexibility index (Phi) is 4.44. The Morgan fingerprint density at radius 2 is 1.75 bits per heavy atom. The number of thioether (sulfide) groups is 1. The monoisotopic (exact) mass is 132 g/mol. The first kappa shape index (κ1) is 8.35. The smallest absolute Gasteiger partial charge is 0.00183 e. The molecule has 0 aromatic carbocycles. The van der Waals surface area contributed by atoms with Crippen LogP contribution in [0.4, 0.5) is 0 Å². The van der Waals surface area contributed by atoms with E-state index in [9.17, 15) is 0 Å². The van der Waals surface area contributed by atoms with E-state index in [4.69, 9.17) is 0 Å². The average Bonchev–Trinajstić information content (AvgIpc) is 1.65. The van der Waals surface area contributed by atoms with Crippen molar-refractivity contribution in [2.24, 2.45) is 5.92 Å². The third kappa shape index (κ3) is 4.51. The zero-order chi connectivity index (χ0) is 6.57. The molecule has 0 saturated carbocycles. The summed E-state index contributed by atoms with van der Waals surface area (Å²) in [5.41, 5.74) is 0. The van der Waals surface area contributed by atoms with Crippen LogP contribution in [0.2, 0.25) is 0 Å². The van der Waals surface area contributed by atoms with E-state index in [-0.39, 0.29) is 0 Å². The summed E-state index contributed by atoms with van der Waals surface area (Å²) in [5, 5.41) is 0.843. The number of hydrogen-bond acceptors (Lipinski definition) is 1. The van der Waals surface area contributed by atoms with Gasteiger partial charge in [0, 0.05) is 5.25 Å². The van der Waals surface area contributed by atoms with Crippen LogP contribution in [0.5, 0.6) is 0 Å². The first-order chi connectivity index (χ1) is 3.66. The summed E-state index contributed by atoms with van der Waals surface area (Å²) in [5.74, 6) is 0.859. The lowest BCUT2D eigenvalue weighted by Gasteiger charge is -2.09. The van der Waals surface area contributed by atoms with Crippen molar-refractivity contribution in [2.45, 2.75) is 32.4 Å². The zero-order valence-electron chi connectivity index (χ0n) is 6.27. The molecule has 0 N–H and O–H groups in total. The van der Waals surface area contributed by atoms with Crippen molar-refractivity contribution in [3.05, 3.63) is 0 Å². The molecule has 0 aromatic rings. The molecule has 0 aliphatic heterocycles. The van der Waals surface area contributed by atoms with Crippen LogP contribution < -0.4 is 0 Å². The summed E-state index contributed by atoms with van der Waals surface area (Å²) >= 11 is 1.95. The minimum Gasteiger partial charge on any atom is -0.162 e. The van der Waals surface area contributed by atoms with E-state index in [1.165, 1.54) is 6.42 Å². The van der Waals surface area contributed by atoms with Gasteiger partial charge in [-0.1, -0.05) is 20.8 Å². The minimum absolute atomic E-state index is 0.843. The molecule has 0 nitrogen and oxygen atoms in total. The highest BCUT2D eigenvalue weighted by molar-refractivity contribution is 7.99. The van der Waals surface area contributed by atoms with Gasteiger partial charge in [0.25, 0.3) is 0 Å². The van der Waals surface area contributed by atoms with Crippen molar-refractivity contribution in [3.63, 3.8) is 0 Å². The SMILES string of the molecule is CSC(C)CC(C)C. The lowest BCUT2D eigenvalue weighted by Crippen LogP contribution is -1.99. The molecule has 1 atom stereocenters. The summed E-state index contributed by atoms with van der Waals surface area (Å²) in [6.07, 6.45) is 3.52. The van der Waals surface area contributed by atoms with E-state index in [0.29, 0.717) is 0 Å². The second-order valence-corrected chi connectivity index (χ2v) is 3.95. The Morgan fingerprint density at radius 1 is 1.25 bits per heavy atom. The maximum absolute atomic E-state index is 2.28. The zero-order valence-corrected chi connectivity index (χ0v) is 7.09. The van der Waals surface area contributed by atoms with Crippen molar-refractivity contribution >= 4 is 11.8 Å². The molecule has 8 heavy (non-hydrogen) atoms. The molecule has 1 unspecified atom stereocenters. The molecule has 0 bridgehead atoms. The predicted molar refractivity (Wildman–Crippen MR) is 42.4 cm³/mol. The van der Waals surface area contributed by atoms with E-state index in [1.807, 2.05) is 11.8 Å². The van der Waals surface area contributed by atoms with Crippen LogP contribution in [0.15, 0.2) is 0 Å². The normalized spacial score (nSPS) is 14.6. The van der Waals surface area contributed by atoms with Crippen LogP contribution in [-0.4, -0.2) is 11.5 Å². The quantitative estimate of drug-likeness (QED) is 0.569. The maximum atomic E-state index is 2.28. The largest absolute Gasteiger partial charge is 0.162 e. The van der Waals surface area contributed by atoms with Gasteiger partial charge in [-0.3, -0.25) is 0 Å². The van der Waals surface area contributed by atoms with Gasteiger partial charge < -0.3 is 0 Å². The minimum atomic E-state index is 0.843. The third-order valence-electron chi connectivity index (χ3n) is 1.21. The molecule has 0 aliphatic rings. The van der Waals surface area contributed by atoms with Crippen molar-refractivity contribution in [1.29, 1.82) is 0 Å². The highest BCUT2D eigenvalue weighted by Gasteiger charge is 2.00. The highest BCUT2D eigenvalue weighted by Crippen LogP contribution is 2.14. The van der Waals surface area contributed by atoms with E-state index in [0.717, 1.165) is 11.2 Å². The van der Waals surface area contributed by atoms with Crippen LogP contribution in [0, 0.1) is 5.92 Å². The summed E-state index contributed by atoms with van der Waals surface area (Å²) in [6.45, 7) is 6.82. The fourth-order valence-corrected chi connectivity index (χ4v) is 1.34. The first-order valence-electron chi connectivity index (χ1n) is 3.19. The van der Waals surface area contributed by atoms with Crippen LogP contribution in [-0.2, 0) is 0 Å². The lowest BCUT2D eigenvalue weighted by atomic mass is 10.1. The molecule has 0 heterocycles. The molecule has 0 aromatic heterocycles. The van der Waals surface area contributed by atoms with E-state index >= 15 is 0 Å². The van der Waals surface area contributed by atoms with Crippen LogP contribution in [0.25, 0.3) is 0 Å². The van der Waals surface area contributed by atoms with Gasteiger partial charge in [-0.25, -0.2) is 0 Å². The van der Waals surface area contributed by atoms with Crippen LogP contribution in [0.1, 0.15) is 27.2 Å². The van der Waals surface area contributed by atoms with Crippen molar-refractivity contribution in [2.75, 3.05) is 6.26 Å². The molecule has 0 spiro atoms. The summed E-state index contributed by atoms with van der Waals surface area (Å²) in [4.78, 5) is 0. The van der Waals surface area contributed by atoms with Gasteiger partial charge in [0.1, 0.15) is 0 Å². The first-order valence-corrected chi connectivity index (χ1v) is 4.48.